The van der Waals surface area contributed by atoms with Gasteiger partial charge in [-0.2, -0.15) is 4.37 Å². The van der Waals surface area contributed by atoms with Crippen LogP contribution >= 0.6 is 34.6 Å². The molecule has 1 aliphatic carbocycles. The van der Waals surface area contributed by atoms with Crippen molar-refractivity contribution in [2.75, 3.05) is 0 Å². The summed E-state index contributed by atoms with van der Waals surface area (Å²) in [5.41, 5.74) is 0. The lowest BCUT2D eigenvalue weighted by atomic mass is 10.2. The van der Waals surface area contributed by atoms with Gasteiger partial charge < -0.3 is 0 Å². The van der Waals surface area contributed by atoms with Crippen LogP contribution in [0.5, 0.6) is 0 Å². The maximum atomic E-state index is 4.59. The van der Waals surface area contributed by atoms with E-state index in [4.69, 9.17) is 0 Å². The number of thiophene rings is 1. The van der Waals surface area contributed by atoms with Crippen LogP contribution in [0.25, 0.3) is 10.7 Å². The molecule has 0 aromatic carbocycles. The van der Waals surface area contributed by atoms with Gasteiger partial charge in [-0.05, 0) is 47.6 Å². The molecule has 0 unspecified atom stereocenters. The lowest BCUT2D eigenvalue weighted by Crippen LogP contribution is -1.98. The highest BCUT2D eigenvalue weighted by atomic mass is 32.2. The summed E-state index contributed by atoms with van der Waals surface area (Å²) in [5, 5.41) is 11.8. The highest BCUT2D eigenvalue weighted by molar-refractivity contribution is 8.00. The number of aromatic nitrogens is 5. The summed E-state index contributed by atoms with van der Waals surface area (Å²) in [4.78, 5) is 5.76. The molecule has 0 radical (unpaired) electrons. The van der Waals surface area contributed by atoms with E-state index in [2.05, 4.69) is 55.5 Å². The first-order valence-corrected chi connectivity index (χ1v) is 9.69. The molecule has 3 aromatic rings. The van der Waals surface area contributed by atoms with Gasteiger partial charge in [0.15, 0.2) is 15.3 Å². The first-order valence-electron chi connectivity index (χ1n) is 7.22. The van der Waals surface area contributed by atoms with Crippen LogP contribution in [0.2, 0.25) is 0 Å². The van der Waals surface area contributed by atoms with Gasteiger partial charge in [-0.3, -0.25) is 4.57 Å². The van der Waals surface area contributed by atoms with Crippen molar-refractivity contribution in [2.45, 2.75) is 48.1 Å². The van der Waals surface area contributed by atoms with Crippen LogP contribution in [0, 0.1) is 0 Å². The Morgan fingerprint density at radius 3 is 2.82 bits per heavy atom. The monoisotopic (exact) mass is 349 g/mol. The smallest absolute Gasteiger partial charge is 0.198 e. The van der Waals surface area contributed by atoms with Gasteiger partial charge >= 0.3 is 0 Å². The third-order valence-corrected chi connectivity index (χ3v) is 6.03. The molecule has 22 heavy (non-hydrogen) atoms. The molecule has 0 bridgehead atoms. The second-order valence-corrected chi connectivity index (χ2v) is 8.47. The Kier molecular flexibility index (Phi) is 3.75. The normalized spacial score (nSPS) is 14.9. The Morgan fingerprint density at radius 2 is 2.18 bits per heavy atom. The molecule has 0 atom stereocenters. The van der Waals surface area contributed by atoms with E-state index in [0.717, 1.165) is 21.1 Å². The van der Waals surface area contributed by atoms with E-state index >= 15 is 0 Å². The molecular weight excluding hydrogens is 334 g/mol. The first-order chi connectivity index (χ1) is 10.7. The number of hydrogen-bond donors (Lipinski definition) is 0. The quantitative estimate of drug-likeness (QED) is 0.680. The standard InChI is InChI=1S/C14H15N5S3/c1-8(2)11-15-14(22-18-11)21-13-17-16-12(10-4-3-7-20-10)19(13)9-5-6-9/h3-4,7-9H,5-6H2,1-2H3. The van der Waals surface area contributed by atoms with E-state index in [9.17, 15) is 0 Å². The van der Waals surface area contributed by atoms with Gasteiger partial charge in [0.05, 0.1) is 4.88 Å². The molecule has 4 rings (SSSR count). The number of rotatable bonds is 5. The average Bonchev–Trinajstić information content (AvgIpc) is 2.97. The molecule has 3 heterocycles. The van der Waals surface area contributed by atoms with E-state index in [1.807, 2.05) is 0 Å². The molecule has 0 N–H and O–H groups in total. The fraction of sp³-hybridized carbons (Fsp3) is 0.429. The molecule has 1 fully saturated rings. The lowest BCUT2D eigenvalue weighted by molar-refractivity contribution is 0.669. The van der Waals surface area contributed by atoms with Crippen molar-refractivity contribution in [1.82, 2.24) is 24.1 Å². The van der Waals surface area contributed by atoms with Crippen molar-refractivity contribution in [3.8, 4) is 10.7 Å². The zero-order valence-electron chi connectivity index (χ0n) is 12.3. The van der Waals surface area contributed by atoms with Gasteiger partial charge in [-0.25, -0.2) is 4.98 Å². The molecule has 8 heteroatoms. The highest BCUT2D eigenvalue weighted by Gasteiger charge is 2.31. The van der Waals surface area contributed by atoms with E-state index in [1.165, 1.54) is 29.3 Å². The molecular formula is C14H15N5S3. The zero-order valence-corrected chi connectivity index (χ0v) is 14.7. The van der Waals surface area contributed by atoms with Gasteiger partial charge in [-0.1, -0.05) is 19.9 Å². The van der Waals surface area contributed by atoms with Crippen molar-refractivity contribution in [3.05, 3.63) is 23.3 Å². The van der Waals surface area contributed by atoms with Crippen LogP contribution < -0.4 is 0 Å². The van der Waals surface area contributed by atoms with Gasteiger partial charge in [-0.15, -0.1) is 21.5 Å². The Bertz CT molecular complexity index is 770. The summed E-state index contributed by atoms with van der Waals surface area (Å²) in [6.07, 6.45) is 2.41. The molecule has 5 nitrogen and oxygen atoms in total. The Balaban J connectivity index is 1.66. The fourth-order valence-corrected chi connectivity index (χ4v) is 4.62. The minimum Gasteiger partial charge on any atom is -0.298 e. The second kappa shape index (κ2) is 5.75. The topological polar surface area (TPSA) is 56.5 Å². The number of nitrogens with zero attached hydrogens (tertiary/aromatic N) is 5. The maximum absolute atomic E-state index is 4.59. The average molecular weight is 350 g/mol. The van der Waals surface area contributed by atoms with E-state index in [1.54, 1.807) is 23.1 Å². The minimum absolute atomic E-state index is 0.355. The van der Waals surface area contributed by atoms with Gasteiger partial charge in [0.2, 0.25) is 0 Å². The molecule has 0 spiro atoms. The van der Waals surface area contributed by atoms with Gasteiger partial charge in [0, 0.05) is 12.0 Å². The van der Waals surface area contributed by atoms with Crippen molar-refractivity contribution < 1.29 is 0 Å². The molecule has 1 aliphatic rings. The molecule has 1 saturated carbocycles. The first kappa shape index (κ1) is 14.3. The third-order valence-electron chi connectivity index (χ3n) is 3.44. The van der Waals surface area contributed by atoms with Crippen molar-refractivity contribution in [1.29, 1.82) is 0 Å². The maximum Gasteiger partial charge on any atom is 0.198 e. The van der Waals surface area contributed by atoms with E-state index in [-0.39, 0.29) is 0 Å². The molecule has 0 amide bonds. The Labute approximate surface area is 141 Å². The molecule has 0 aliphatic heterocycles. The fourth-order valence-electron chi connectivity index (χ4n) is 2.16. The summed E-state index contributed by atoms with van der Waals surface area (Å²) in [7, 11) is 0. The van der Waals surface area contributed by atoms with Crippen LogP contribution in [0.4, 0.5) is 0 Å². The zero-order chi connectivity index (χ0) is 15.1. The van der Waals surface area contributed by atoms with Crippen molar-refractivity contribution in [3.63, 3.8) is 0 Å². The predicted octanol–water partition coefficient (Wildman–Crippen LogP) is 4.47. The van der Waals surface area contributed by atoms with Crippen LogP contribution in [-0.2, 0) is 0 Å². The summed E-state index contributed by atoms with van der Waals surface area (Å²) in [6.45, 7) is 4.22. The summed E-state index contributed by atoms with van der Waals surface area (Å²) in [6, 6.07) is 4.69. The Morgan fingerprint density at radius 1 is 1.32 bits per heavy atom. The largest absolute Gasteiger partial charge is 0.298 e. The third kappa shape index (κ3) is 2.70. The van der Waals surface area contributed by atoms with E-state index in [0.29, 0.717) is 12.0 Å². The second-order valence-electron chi connectivity index (χ2n) is 5.56. The van der Waals surface area contributed by atoms with Crippen molar-refractivity contribution in [2.24, 2.45) is 0 Å². The van der Waals surface area contributed by atoms with Crippen LogP contribution in [0.1, 0.15) is 44.5 Å². The van der Waals surface area contributed by atoms with Crippen LogP contribution in [-0.4, -0.2) is 24.1 Å². The molecule has 114 valence electrons. The summed E-state index contributed by atoms with van der Waals surface area (Å²) in [5.74, 6) is 2.24. The van der Waals surface area contributed by atoms with Crippen LogP contribution in [0.3, 0.4) is 0 Å². The SMILES string of the molecule is CC(C)c1nsc(Sc2nnc(-c3cccs3)n2C2CC2)n1. The summed E-state index contributed by atoms with van der Waals surface area (Å²) >= 11 is 4.73. The van der Waals surface area contributed by atoms with Crippen LogP contribution in [0.15, 0.2) is 27.0 Å². The van der Waals surface area contributed by atoms with Gasteiger partial charge in [0.1, 0.15) is 5.82 Å². The predicted molar refractivity (Wildman–Crippen MR) is 89.7 cm³/mol. The number of hydrogen-bond acceptors (Lipinski definition) is 7. The lowest BCUT2D eigenvalue weighted by Gasteiger charge is -2.06. The summed E-state index contributed by atoms with van der Waals surface area (Å²) < 4.78 is 7.62. The Hall–Kier alpha value is -1.25. The minimum atomic E-state index is 0.355. The highest BCUT2D eigenvalue weighted by Crippen LogP contribution is 2.43. The van der Waals surface area contributed by atoms with E-state index < -0.39 is 0 Å². The molecule has 3 aromatic heterocycles. The van der Waals surface area contributed by atoms with Gasteiger partial charge in [0.25, 0.3) is 0 Å². The molecule has 0 saturated heterocycles. The van der Waals surface area contributed by atoms with Crippen molar-refractivity contribution >= 4 is 34.6 Å².